The summed E-state index contributed by atoms with van der Waals surface area (Å²) in [5, 5.41) is 7.98. The van der Waals surface area contributed by atoms with E-state index in [0.717, 1.165) is 30.7 Å². The van der Waals surface area contributed by atoms with Crippen LogP contribution in [0.2, 0.25) is 0 Å². The second-order valence-corrected chi connectivity index (χ2v) is 5.40. The van der Waals surface area contributed by atoms with Gasteiger partial charge in [0.25, 0.3) is 0 Å². The van der Waals surface area contributed by atoms with Crippen LogP contribution in [0.25, 0.3) is 0 Å². The van der Waals surface area contributed by atoms with E-state index >= 15 is 0 Å². The molecule has 1 fully saturated rings. The SMILES string of the molecule is CC(C)=CC(=O)N1CCCC(Oc2ccc(C)nn2)C1. The molecule has 1 aromatic rings. The topological polar surface area (TPSA) is 55.3 Å². The number of carbonyl (C=O) groups excluding carboxylic acids is 1. The number of hydrogen-bond acceptors (Lipinski definition) is 4. The summed E-state index contributed by atoms with van der Waals surface area (Å²) in [7, 11) is 0. The van der Waals surface area contributed by atoms with E-state index in [1.54, 1.807) is 6.08 Å². The molecule has 1 atom stereocenters. The highest BCUT2D eigenvalue weighted by atomic mass is 16.5. The van der Waals surface area contributed by atoms with Gasteiger partial charge in [0.1, 0.15) is 6.10 Å². The van der Waals surface area contributed by atoms with Crippen molar-refractivity contribution in [3.63, 3.8) is 0 Å². The van der Waals surface area contributed by atoms with Crippen molar-refractivity contribution in [3.8, 4) is 5.88 Å². The smallest absolute Gasteiger partial charge is 0.246 e. The van der Waals surface area contributed by atoms with E-state index < -0.39 is 0 Å². The lowest BCUT2D eigenvalue weighted by Crippen LogP contribution is -2.43. The molecule has 1 aliphatic rings. The highest BCUT2D eigenvalue weighted by Crippen LogP contribution is 2.16. The molecule has 20 heavy (non-hydrogen) atoms. The normalized spacial score (nSPS) is 18.6. The second-order valence-electron chi connectivity index (χ2n) is 5.40. The number of ether oxygens (including phenoxy) is 1. The van der Waals surface area contributed by atoms with Crippen LogP contribution >= 0.6 is 0 Å². The maximum absolute atomic E-state index is 12.0. The third kappa shape index (κ3) is 4.05. The summed E-state index contributed by atoms with van der Waals surface area (Å²) in [5.74, 6) is 0.588. The lowest BCUT2D eigenvalue weighted by molar-refractivity contribution is -0.128. The molecule has 1 saturated heterocycles. The third-order valence-electron chi connectivity index (χ3n) is 3.16. The average Bonchev–Trinajstić information content (AvgIpc) is 2.41. The van der Waals surface area contributed by atoms with Gasteiger partial charge < -0.3 is 9.64 Å². The molecule has 5 nitrogen and oxygen atoms in total. The van der Waals surface area contributed by atoms with Crippen LogP contribution in [0.5, 0.6) is 5.88 Å². The zero-order valence-corrected chi connectivity index (χ0v) is 12.3. The quantitative estimate of drug-likeness (QED) is 0.793. The van der Waals surface area contributed by atoms with Crippen molar-refractivity contribution in [1.29, 1.82) is 0 Å². The van der Waals surface area contributed by atoms with Crippen molar-refractivity contribution >= 4 is 5.91 Å². The summed E-state index contributed by atoms with van der Waals surface area (Å²) >= 11 is 0. The number of rotatable bonds is 3. The third-order valence-corrected chi connectivity index (χ3v) is 3.16. The summed E-state index contributed by atoms with van der Waals surface area (Å²) < 4.78 is 5.81. The van der Waals surface area contributed by atoms with Crippen molar-refractivity contribution in [3.05, 3.63) is 29.5 Å². The monoisotopic (exact) mass is 275 g/mol. The molecule has 0 spiro atoms. The van der Waals surface area contributed by atoms with E-state index in [-0.39, 0.29) is 12.0 Å². The predicted molar refractivity (Wildman–Crippen MR) is 76.4 cm³/mol. The van der Waals surface area contributed by atoms with Gasteiger partial charge >= 0.3 is 0 Å². The number of amides is 1. The van der Waals surface area contributed by atoms with E-state index in [0.29, 0.717) is 12.4 Å². The Balaban J connectivity index is 1.95. The van der Waals surface area contributed by atoms with Crippen LogP contribution in [0.3, 0.4) is 0 Å². The molecule has 1 unspecified atom stereocenters. The minimum atomic E-state index is -0.00438. The molecular formula is C15H21N3O2. The van der Waals surface area contributed by atoms with Gasteiger partial charge in [-0.05, 0) is 39.7 Å². The second kappa shape index (κ2) is 6.50. The van der Waals surface area contributed by atoms with Gasteiger partial charge in [-0.1, -0.05) is 5.57 Å². The van der Waals surface area contributed by atoms with Gasteiger partial charge in [0, 0.05) is 18.7 Å². The van der Waals surface area contributed by atoms with Crippen molar-refractivity contribution < 1.29 is 9.53 Å². The Morgan fingerprint density at radius 3 is 2.85 bits per heavy atom. The molecule has 0 N–H and O–H groups in total. The molecule has 2 heterocycles. The molecule has 5 heteroatoms. The maximum atomic E-state index is 12.0. The van der Waals surface area contributed by atoms with Crippen LogP contribution in [0.1, 0.15) is 32.4 Å². The molecule has 0 aliphatic carbocycles. The molecular weight excluding hydrogens is 254 g/mol. The lowest BCUT2D eigenvalue weighted by Gasteiger charge is -2.32. The standard InChI is InChI=1S/C15H21N3O2/c1-11(2)9-15(19)18-8-4-5-13(10-18)20-14-7-6-12(3)16-17-14/h6-7,9,13H,4-5,8,10H2,1-3H3. The van der Waals surface area contributed by atoms with Gasteiger partial charge in [-0.15, -0.1) is 5.10 Å². The minimum Gasteiger partial charge on any atom is -0.471 e. The fraction of sp³-hybridized carbons (Fsp3) is 0.533. The highest BCUT2D eigenvalue weighted by Gasteiger charge is 2.24. The van der Waals surface area contributed by atoms with Crippen LogP contribution < -0.4 is 4.74 Å². The molecule has 1 aliphatic heterocycles. The van der Waals surface area contributed by atoms with Crippen molar-refractivity contribution in [2.24, 2.45) is 0 Å². The largest absolute Gasteiger partial charge is 0.471 e. The number of hydrogen-bond donors (Lipinski definition) is 0. The molecule has 108 valence electrons. The first-order chi connectivity index (χ1) is 9.54. The van der Waals surface area contributed by atoms with E-state index in [9.17, 15) is 4.79 Å². The first-order valence-electron chi connectivity index (χ1n) is 6.95. The van der Waals surface area contributed by atoms with Crippen molar-refractivity contribution in [2.45, 2.75) is 39.7 Å². The van der Waals surface area contributed by atoms with Crippen LogP contribution in [0.4, 0.5) is 0 Å². The Morgan fingerprint density at radius 1 is 1.40 bits per heavy atom. The zero-order chi connectivity index (χ0) is 14.5. The van der Waals surface area contributed by atoms with Gasteiger partial charge in [-0.2, -0.15) is 5.10 Å². The Bertz CT molecular complexity index is 492. The van der Waals surface area contributed by atoms with Gasteiger partial charge in [0.2, 0.25) is 11.8 Å². The number of nitrogens with zero attached hydrogens (tertiary/aromatic N) is 3. The molecule has 0 radical (unpaired) electrons. The van der Waals surface area contributed by atoms with Crippen LogP contribution in [-0.4, -0.2) is 40.2 Å². The zero-order valence-electron chi connectivity index (χ0n) is 12.3. The molecule has 0 saturated carbocycles. The Hall–Kier alpha value is -1.91. The molecule has 2 rings (SSSR count). The minimum absolute atomic E-state index is 0.00438. The van der Waals surface area contributed by atoms with Gasteiger partial charge in [-0.25, -0.2) is 0 Å². The number of piperidine rings is 1. The fourth-order valence-corrected chi connectivity index (χ4v) is 2.19. The number of likely N-dealkylation sites (tertiary alicyclic amines) is 1. The summed E-state index contributed by atoms with van der Waals surface area (Å²) in [6, 6.07) is 3.69. The average molecular weight is 275 g/mol. The van der Waals surface area contributed by atoms with Crippen molar-refractivity contribution in [2.75, 3.05) is 13.1 Å². The molecule has 1 aromatic heterocycles. The van der Waals surface area contributed by atoms with E-state index in [1.165, 1.54) is 0 Å². The van der Waals surface area contributed by atoms with E-state index in [4.69, 9.17) is 4.74 Å². The fourth-order valence-electron chi connectivity index (χ4n) is 2.19. The molecule has 0 aromatic carbocycles. The predicted octanol–water partition coefficient (Wildman–Crippen LogP) is 2.12. The number of aromatic nitrogens is 2. The Kier molecular flexibility index (Phi) is 4.71. The Labute approximate surface area is 119 Å². The summed E-state index contributed by atoms with van der Waals surface area (Å²) in [4.78, 5) is 13.9. The van der Waals surface area contributed by atoms with Gasteiger partial charge in [-0.3, -0.25) is 4.79 Å². The van der Waals surface area contributed by atoms with E-state index in [2.05, 4.69) is 10.2 Å². The Morgan fingerprint density at radius 2 is 2.20 bits per heavy atom. The number of carbonyl (C=O) groups is 1. The van der Waals surface area contributed by atoms with Gasteiger partial charge in [0.05, 0.1) is 12.2 Å². The number of aryl methyl sites for hydroxylation is 1. The van der Waals surface area contributed by atoms with Gasteiger partial charge in [0.15, 0.2) is 0 Å². The summed E-state index contributed by atoms with van der Waals surface area (Å²) in [6.07, 6.45) is 3.56. The maximum Gasteiger partial charge on any atom is 0.246 e. The molecule has 0 bridgehead atoms. The first-order valence-corrected chi connectivity index (χ1v) is 6.95. The highest BCUT2D eigenvalue weighted by molar-refractivity contribution is 5.88. The lowest BCUT2D eigenvalue weighted by atomic mass is 10.1. The molecule has 1 amide bonds. The van der Waals surface area contributed by atoms with E-state index in [1.807, 2.05) is 37.8 Å². The van der Waals surface area contributed by atoms with Crippen LogP contribution in [0, 0.1) is 6.92 Å². The van der Waals surface area contributed by atoms with Crippen LogP contribution in [0.15, 0.2) is 23.8 Å². The first kappa shape index (κ1) is 14.5. The van der Waals surface area contributed by atoms with Crippen LogP contribution in [-0.2, 0) is 4.79 Å². The summed E-state index contributed by atoms with van der Waals surface area (Å²) in [6.45, 7) is 7.15. The summed E-state index contributed by atoms with van der Waals surface area (Å²) in [5.41, 5.74) is 1.88. The number of allylic oxidation sites excluding steroid dienone is 1. The van der Waals surface area contributed by atoms with Crippen molar-refractivity contribution in [1.82, 2.24) is 15.1 Å².